The summed E-state index contributed by atoms with van der Waals surface area (Å²) in [5.74, 6) is -0.904. The second kappa shape index (κ2) is 10.2. The fourth-order valence-corrected chi connectivity index (χ4v) is 3.72. The van der Waals surface area contributed by atoms with Gasteiger partial charge in [-0.25, -0.2) is 4.79 Å². The van der Waals surface area contributed by atoms with Crippen LogP contribution in [-0.2, 0) is 20.7 Å². The molecule has 1 heterocycles. The molecule has 31 heavy (non-hydrogen) atoms. The summed E-state index contributed by atoms with van der Waals surface area (Å²) < 4.78 is 4.95. The predicted octanol–water partition coefficient (Wildman–Crippen LogP) is 2.86. The minimum Gasteiger partial charge on any atom is -0.462 e. The maximum atomic E-state index is 12.7. The van der Waals surface area contributed by atoms with Gasteiger partial charge in [-0.05, 0) is 55.4 Å². The van der Waals surface area contributed by atoms with Crippen molar-refractivity contribution in [2.24, 2.45) is 0 Å². The van der Waals surface area contributed by atoms with E-state index in [0.29, 0.717) is 29.5 Å². The summed E-state index contributed by atoms with van der Waals surface area (Å²) in [6, 6.07) is 15.7. The number of nitrogens with zero attached hydrogens (tertiary/aromatic N) is 2. The number of esters is 1. The maximum Gasteiger partial charge on any atom is 0.338 e. The molecule has 0 spiro atoms. The lowest BCUT2D eigenvalue weighted by Gasteiger charge is -2.23. The van der Waals surface area contributed by atoms with Crippen LogP contribution in [0.3, 0.4) is 0 Å². The van der Waals surface area contributed by atoms with Gasteiger partial charge in [-0.2, -0.15) is 0 Å². The van der Waals surface area contributed by atoms with Crippen molar-refractivity contribution in [3.8, 4) is 0 Å². The molecule has 1 N–H and O–H groups in total. The van der Waals surface area contributed by atoms with Gasteiger partial charge >= 0.3 is 5.97 Å². The fourth-order valence-electron chi connectivity index (χ4n) is 3.41. The summed E-state index contributed by atoms with van der Waals surface area (Å²) in [7, 11) is 1.63. The Hall–Kier alpha value is -3.26. The highest BCUT2D eigenvalue weighted by Crippen LogP contribution is 2.21. The highest BCUT2D eigenvalue weighted by molar-refractivity contribution is 7.80. The van der Waals surface area contributed by atoms with Gasteiger partial charge in [0.25, 0.3) is 5.91 Å². The zero-order chi connectivity index (χ0) is 22.4. The lowest BCUT2D eigenvalue weighted by Crippen LogP contribution is -2.39. The standard InChI is InChI=1S/C23H25N3O4S/c1-3-30-22(29)17-9-11-18(12-10-17)24-20(27)15-19-21(28)25(2)23(31)26(19)14-13-16-7-5-4-6-8-16/h4-12,19H,3,13-15H2,1-2H3,(H,24,27). The van der Waals surface area contributed by atoms with Crippen molar-refractivity contribution in [1.82, 2.24) is 9.80 Å². The van der Waals surface area contributed by atoms with E-state index in [4.69, 9.17) is 17.0 Å². The molecule has 1 aliphatic heterocycles. The van der Waals surface area contributed by atoms with E-state index >= 15 is 0 Å². The number of ether oxygens (including phenoxy) is 1. The van der Waals surface area contributed by atoms with Crippen molar-refractivity contribution in [2.75, 3.05) is 25.5 Å². The van der Waals surface area contributed by atoms with Crippen LogP contribution in [-0.4, -0.2) is 58.9 Å². The monoisotopic (exact) mass is 439 g/mol. The highest BCUT2D eigenvalue weighted by atomic mass is 32.1. The zero-order valence-electron chi connectivity index (χ0n) is 17.5. The molecule has 3 rings (SSSR count). The smallest absolute Gasteiger partial charge is 0.338 e. The molecule has 8 heteroatoms. The Morgan fingerprint density at radius 3 is 2.42 bits per heavy atom. The van der Waals surface area contributed by atoms with E-state index in [0.717, 1.165) is 12.0 Å². The lowest BCUT2D eigenvalue weighted by molar-refractivity contribution is -0.130. The molecule has 1 saturated heterocycles. The predicted molar refractivity (Wildman–Crippen MR) is 122 cm³/mol. The van der Waals surface area contributed by atoms with Gasteiger partial charge in [0.05, 0.1) is 18.6 Å². The molecule has 2 aromatic rings. The Bertz CT molecular complexity index is 963. The van der Waals surface area contributed by atoms with Crippen molar-refractivity contribution in [1.29, 1.82) is 0 Å². The topological polar surface area (TPSA) is 78.9 Å². The van der Waals surface area contributed by atoms with E-state index < -0.39 is 12.0 Å². The summed E-state index contributed by atoms with van der Waals surface area (Å²) in [4.78, 5) is 40.3. The number of nitrogens with one attached hydrogen (secondary N) is 1. The minimum absolute atomic E-state index is 0.0161. The van der Waals surface area contributed by atoms with Crippen LogP contribution in [0, 0.1) is 0 Å². The first-order valence-electron chi connectivity index (χ1n) is 10.1. The second-order valence-electron chi connectivity index (χ2n) is 7.17. The van der Waals surface area contributed by atoms with Crippen molar-refractivity contribution in [3.63, 3.8) is 0 Å². The minimum atomic E-state index is -0.639. The van der Waals surface area contributed by atoms with Gasteiger partial charge in [-0.15, -0.1) is 0 Å². The molecule has 0 radical (unpaired) electrons. The number of hydrogen-bond donors (Lipinski definition) is 1. The number of thiocarbonyl (C=S) groups is 1. The molecule has 7 nitrogen and oxygen atoms in total. The third kappa shape index (κ3) is 5.46. The molecule has 0 aliphatic carbocycles. The average molecular weight is 440 g/mol. The largest absolute Gasteiger partial charge is 0.462 e. The van der Waals surface area contributed by atoms with Crippen LogP contribution in [0.2, 0.25) is 0 Å². The van der Waals surface area contributed by atoms with Gasteiger partial charge in [-0.1, -0.05) is 30.3 Å². The molecule has 1 fully saturated rings. The van der Waals surface area contributed by atoms with Gasteiger partial charge in [0.2, 0.25) is 5.91 Å². The van der Waals surface area contributed by atoms with Crippen molar-refractivity contribution >= 4 is 40.8 Å². The number of carbonyl (C=O) groups excluding carboxylic acids is 3. The molecular weight excluding hydrogens is 414 g/mol. The van der Waals surface area contributed by atoms with E-state index in [1.807, 2.05) is 35.2 Å². The maximum absolute atomic E-state index is 12.7. The van der Waals surface area contributed by atoms with Crippen molar-refractivity contribution in [3.05, 3.63) is 65.7 Å². The molecule has 1 unspecified atom stereocenters. The quantitative estimate of drug-likeness (QED) is 0.503. The van der Waals surface area contributed by atoms with E-state index in [1.54, 1.807) is 38.2 Å². The lowest BCUT2D eigenvalue weighted by atomic mass is 10.1. The molecule has 162 valence electrons. The van der Waals surface area contributed by atoms with Crippen LogP contribution >= 0.6 is 12.2 Å². The van der Waals surface area contributed by atoms with Crippen LogP contribution < -0.4 is 5.32 Å². The van der Waals surface area contributed by atoms with Crippen LogP contribution in [0.5, 0.6) is 0 Å². The van der Waals surface area contributed by atoms with E-state index in [9.17, 15) is 14.4 Å². The molecule has 1 aliphatic rings. The molecule has 0 aromatic heterocycles. The highest BCUT2D eigenvalue weighted by Gasteiger charge is 2.41. The van der Waals surface area contributed by atoms with Gasteiger partial charge in [0.15, 0.2) is 5.11 Å². The zero-order valence-corrected chi connectivity index (χ0v) is 18.4. The summed E-state index contributed by atoms with van der Waals surface area (Å²) in [6.07, 6.45) is 0.702. The van der Waals surface area contributed by atoms with E-state index in [2.05, 4.69) is 5.32 Å². The van der Waals surface area contributed by atoms with Gasteiger partial charge in [0, 0.05) is 19.3 Å². The Kier molecular flexibility index (Phi) is 7.36. The second-order valence-corrected chi connectivity index (χ2v) is 7.54. The first-order chi connectivity index (χ1) is 14.9. The molecular formula is C23H25N3O4S. The molecule has 2 aromatic carbocycles. The normalized spacial score (nSPS) is 15.9. The Balaban J connectivity index is 1.63. The average Bonchev–Trinajstić information content (AvgIpc) is 2.97. The fraction of sp³-hybridized carbons (Fsp3) is 0.304. The Morgan fingerprint density at radius 1 is 1.10 bits per heavy atom. The van der Waals surface area contributed by atoms with Crippen molar-refractivity contribution in [2.45, 2.75) is 25.8 Å². The molecule has 1 atom stereocenters. The van der Waals surface area contributed by atoms with E-state index in [-0.39, 0.29) is 18.2 Å². The molecule has 0 bridgehead atoms. The summed E-state index contributed by atoms with van der Waals surface area (Å²) >= 11 is 5.43. The van der Waals surface area contributed by atoms with Gasteiger partial charge < -0.3 is 15.0 Å². The first kappa shape index (κ1) is 22.4. The number of rotatable bonds is 8. The molecule has 0 saturated carbocycles. The third-order valence-corrected chi connectivity index (χ3v) is 5.58. The molecule has 2 amide bonds. The number of carbonyl (C=O) groups is 3. The van der Waals surface area contributed by atoms with Crippen molar-refractivity contribution < 1.29 is 19.1 Å². The van der Waals surface area contributed by atoms with Crippen LogP contribution in [0.25, 0.3) is 0 Å². The number of amides is 2. The van der Waals surface area contributed by atoms with Crippen LogP contribution in [0.4, 0.5) is 5.69 Å². The summed E-state index contributed by atoms with van der Waals surface area (Å²) in [5.41, 5.74) is 2.08. The number of hydrogen-bond acceptors (Lipinski definition) is 5. The van der Waals surface area contributed by atoms with Gasteiger partial charge in [-0.3, -0.25) is 14.5 Å². The SMILES string of the molecule is CCOC(=O)c1ccc(NC(=O)CC2C(=O)N(C)C(=S)N2CCc2ccccc2)cc1. The number of likely N-dealkylation sites (N-methyl/N-ethyl adjacent to an activating group) is 1. The number of anilines is 1. The third-order valence-electron chi connectivity index (χ3n) is 5.07. The summed E-state index contributed by atoms with van der Waals surface area (Å²) in [5, 5.41) is 3.21. The van der Waals surface area contributed by atoms with E-state index in [1.165, 1.54) is 4.90 Å². The van der Waals surface area contributed by atoms with Crippen LogP contribution in [0.15, 0.2) is 54.6 Å². The first-order valence-corrected chi connectivity index (χ1v) is 10.5. The Labute approximate surface area is 187 Å². The van der Waals surface area contributed by atoms with Crippen LogP contribution in [0.1, 0.15) is 29.3 Å². The van der Waals surface area contributed by atoms with Gasteiger partial charge in [0.1, 0.15) is 6.04 Å². The Morgan fingerprint density at radius 2 is 1.77 bits per heavy atom. The summed E-state index contributed by atoms with van der Waals surface area (Å²) in [6.45, 7) is 2.58. The number of benzene rings is 2.